The number of rotatable bonds is 16. The number of aromatic amines is 3. The lowest BCUT2D eigenvalue weighted by atomic mass is 10.0. The monoisotopic (exact) mass is 413 g/mol. The van der Waals surface area contributed by atoms with E-state index in [0.29, 0.717) is 6.42 Å². The SMILES string of the molecule is CCCCCCCCCCCCCCCCCC(=O)O.O=c1[nH]c(=O)[nH]c(=O)[nH]1. The van der Waals surface area contributed by atoms with Gasteiger partial charge >= 0.3 is 23.0 Å². The van der Waals surface area contributed by atoms with Crippen molar-refractivity contribution < 1.29 is 9.90 Å². The molecule has 0 aliphatic rings. The molecule has 0 aliphatic carbocycles. The summed E-state index contributed by atoms with van der Waals surface area (Å²) in [5.41, 5.74) is -2.41. The maximum Gasteiger partial charge on any atom is 0.330 e. The Morgan fingerprint density at radius 3 is 1.14 bits per heavy atom. The summed E-state index contributed by atoms with van der Waals surface area (Å²) >= 11 is 0. The van der Waals surface area contributed by atoms with Crippen molar-refractivity contribution in [3.8, 4) is 0 Å². The van der Waals surface area contributed by atoms with Crippen LogP contribution in [0.25, 0.3) is 0 Å². The predicted molar refractivity (Wildman–Crippen MR) is 115 cm³/mol. The van der Waals surface area contributed by atoms with E-state index in [4.69, 9.17) is 5.11 Å². The van der Waals surface area contributed by atoms with Crippen LogP contribution in [0.2, 0.25) is 0 Å². The summed E-state index contributed by atoms with van der Waals surface area (Å²) < 4.78 is 0. The minimum Gasteiger partial charge on any atom is -0.481 e. The maximum absolute atomic E-state index is 10.3. The lowest BCUT2D eigenvalue weighted by Crippen LogP contribution is -2.34. The van der Waals surface area contributed by atoms with E-state index in [1.54, 1.807) is 15.0 Å². The summed E-state index contributed by atoms with van der Waals surface area (Å²) in [5, 5.41) is 8.52. The molecule has 0 bridgehead atoms. The topological polar surface area (TPSA) is 136 Å². The fourth-order valence-electron chi connectivity index (χ4n) is 3.05. The number of aliphatic carboxylic acids is 1. The lowest BCUT2D eigenvalue weighted by molar-refractivity contribution is -0.137. The molecule has 8 heteroatoms. The Balaban J connectivity index is 0.000000717. The first-order valence-electron chi connectivity index (χ1n) is 11.1. The van der Waals surface area contributed by atoms with Crippen molar-refractivity contribution in [2.45, 2.75) is 110 Å². The number of H-pyrrole nitrogens is 3. The first-order valence-corrected chi connectivity index (χ1v) is 11.1. The molecule has 0 fully saturated rings. The summed E-state index contributed by atoms with van der Waals surface area (Å²) in [6, 6.07) is 0. The maximum atomic E-state index is 10.3. The van der Waals surface area contributed by atoms with E-state index < -0.39 is 23.0 Å². The highest BCUT2D eigenvalue weighted by molar-refractivity contribution is 5.66. The molecule has 0 unspecified atom stereocenters. The fourth-order valence-corrected chi connectivity index (χ4v) is 3.05. The Kier molecular flexibility index (Phi) is 17.8. The molecule has 0 aliphatic heterocycles. The van der Waals surface area contributed by atoms with Crippen molar-refractivity contribution in [1.82, 2.24) is 15.0 Å². The number of nitrogens with one attached hydrogen (secondary N) is 3. The average Bonchev–Trinajstić information content (AvgIpc) is 2.64. The Morgan fingerprint density at radius 2 is 0.862 bits per heavy atom. The second-order valence-electron chi connectivity index (χ2n) is 7.46. The standard InChI is InChI=1S/C18H36O2.C3H3N3O3/c1-2-3-4-5-6-7-8-9-10-11-12-13-14-15-16-17-18(19)20;7-1-4-2(8)6-3(9)5-1/h2-17H2,1H3,(H,19,20);(H3,4,5,6,7,8,9). The largest absolute Gasteiger partial charge is 0.481 e. The van der Waals surface area contributed by atoms with Crippen LogP contribution in [0.15, 0.2) is 14.4 Å². The number of hydrogen-bond donors (Lipinski definition) is 4. The summed E-state index contributed by atoms with van der Waals surface area (Å²) in [6.07, 6.45) is 20.2. The van der Waals surface area contributed by atoms with Gasteiger partial charge in [0, 0.05) is 6.42 Å². The van der Waals surface area contributed by atoms with Crippen molar-refractivity contribution in [2.24, 2.45) is 0 Å². The van der Waals surface area contributed by atoms with E-state index in [1.165, 1.54) is 83.5 Å². The summed E-state index contributed by atoms with van der Waals surface area (Å²) in [6.45, 7) is 2.27. The first-order chi connectivity index (χ1) is 14.0. The molecule has 0 radical (unpaired) electrons. The zero-order valence-corrected chi connectivity index (χ0v) is 17.9. The molecule has 1 aromatic rings. The van der Waals surface area contributed by atoms with Crippen LogP contribution >= 0.6 is 0 Å². The smallest absolute Gasteiger partial charge is 0.330 e. The zero-order chi connectivity index (χ0) is 21.7. The van der Waals surface area contributed by atoms with Crippen LogP contribution in [0.3, 0.4) is 0 Å². The van der Waals surface area contributed by atoms with Gasteiger partial charge in [0.2, 0.25) is 0 Å². The van der Waals surface area contributed by atoms with Gasteiger partial charge in [-0.3, -0.25) is 19.7 Å². The number of carboxylic acid groups (broad SMARTS) is 1. The molecule has 0 saturated heterocycles. The molecule has 0 amide bonds. The summed E-state index contributed by atoms with van der Waals surface area (Å²) in [5.74, 6) is -0.653. The molecule has 29 heavy (non-hydrogen) atoms. The minimum absolute atomic E-state index is 0.345. The van der Waals surface area contributed by atoms with E-state index in [1.807, 2.05) is 0 Å². The second-order valence-corrected chi connectivity index (χ2v) is 7.46. The number of unbranched alkanes of at least 4 members (excludes halogenated alkanes) is 14. The van der Waals surface area contributed by atoms with Crippen LogP contribution in [0, 0.1) is 0 Å². The van der Waals surface area contributed by atoms with Gasteiger partial charge in [0.05, 0.1) is 0 Å². The van der Waals surface area contributed by atoms with Crippen LogP contribution in [0.5, 0.6) is 0 Å². The average molecular weight is 414 g/mol. The third kappa shape index (κ3) is 20.4. The van der Waals surface area contributed by atoms with E-state index >= 15 is 0 Å². The molecule has 1 rings (SSSR count). The van der Waals surface area contributed by atoms with Gasteiger partial charge in [0.25, 0.3) is 0 Å². The third-order valence-corrected chi connectivity index (χ3v) is 4.68. The lowest BCUT2D eigenvalue weighted by Gasteiger charge is -2.03. The normalized spacial score (nSPS) is 10.4. The van der Waals surface area contributed by atoms with Gasteiger partial charge in [0.15, 0.2) is 0 Å². The van der Waals surface area contributed by atoms with E-state index in [0.717, 1.165) is 12.8 Å². The molecular formula is C21H39N3O5. The highest BCUT2D eigenvalue weighted by atomic mass is 16.4. The van der Waals surface area contributed by atoms with Gasteiger partial charge in [-0.15, -0.1) is 0 Å². The molecule has 0 aromatic carbocycles. The highest BCUT2D eigenvalue weighted by Gasteiger charge is 1.97. The number of carbonyl (C=O) groups is 1. The molecule has 4 N–H and O–H groups in total. The zero-order valence-electron chi connectivity index (χ0n) is 17.9. The van der Waals surface area contributed by atoms with E-state index in [2.05, 4.69) is 6.92 Å². The summed E-state index contributed by atoms with van der Waals surface area (Å²) in [4.78, 5) is 46.2. The van der Waals surface area contributed by atoms with Gasteiger partial charge < -0.3 is 5.11 Å². The number of hydrogen-bond acceptors (Lipinski definition) is 4. The van der Waals surface area contributed by atoms with Crippen molar-refractivity contribution in [1.29, 1.82) is 0 Å². The number of carboxylic acids is 1. The van der Waals surface area contributed by atoms with Gasteiger partial charge in [-0.1, -0.05) is 96.8 Å². The van der Waals surface area contributed by atoms with Gasteiger partial charge in [-0.05, 0) is 6.42 Å². The van der Waals surface area contributed by atoms with Crippen LogP contribution in [0.1, 0.15) is 110 Å². The Morgan fingerprint density at radius 1 is 0.586 bits per heavy atom. The second kappa shape index (κ2) is 19.2. The molecule has 0 spiro atoms. The van der Waals surface area contributed by atoms with E-state index in [9.17, 15) is 19.2 Å². The van der Waals surface area contributed by atoms with Crippen molar-refractivity contribution >= 4 is 5.97 Å². The number of aromatic nitrogens is 3. The first kappa shape index (κ1) is 26.9. The summed E-state index contributed by atoms with van der Waals surface area (Å²) in [7, 11) is 0. The van der Waals surface area contributed by atoms with Gasteiger partial charge in [-0.2, -0.15) is 0 Å². The third-order valence-electron chi connectivity index (χ3n) is 4.68. The Labute approximate surface area is 172 Å². The fraction of sp³-hybridized carbons (Fsp3) is 0.810. The van der Waals surface area contributed by atoms with E-state index in [-0.39, 0.29) is 0 Å². The van der Waals surface area contributed by atoms with Crippen LogP contribution < -0.4 is 17.1 Å². The Bertz CT molecular complexity index is 599. The predicted octanol–water partition coefficient (Wildman–Crippen LogP) is 4.08. The Hall–Kier alpha value is -2.12. The molecule has 8 nitrogen and oxygen atoms in total. The molecule has 0 atom stereocenters. The molecule has 168 valence electrons. The van der Waals surface area contributed by atoms with Gasteiger partial charge in [0.1, 0.15) is 0 Å². The van der Waals surface area contributed by atoms with Crippen LogP contribution in [-0.4, -0.2) is 26.0 Å². The molecule has 1 aromatic heterocycles. The molecule has 1 heterocycles. The van der Waals surface area contributed by atoms with Crippen molar-refractivity contribution in [3.05, 3.63) is 31.5 Å². The van der Waals surface area contributed by atoms with Crippen LogP contribution in [-0.2, 0) is 4.79 Å². The quantitative estimate of drug-likeness (QED) is 0.303. The van der Waals surface area contributed by atoms with Crippen molar-refractivity contribution in [3.63, 3.8) is 0 Å². The van der Waals surface area contributed by atoms with Crippen molar-refractivity contribution in [2.75, 3.05) is 0 Å². The molecular weight excluding hydrogens is 374 g/mol. The molecule has 0 saturated carbocycles. The van der Waals surface area contributed by atoms with Crippen LogP contribution in [0.4, 0.5) is 0 Å². The highest BCUT2D eigenvalue weighted by Crippen LogP contribution is 2.13. The minimum atomic E-state index is -0.802. The van der Waals surface area contributed by atoms with Gasteiger partial charge in [-0.25, -0.2) is 14.4 Å².